The van der Waals surface area contributed by atoms with E-state index in [0.29, 0.717) is 11.7 Å². The van der Waals surface area contributed by atoms with Gasteiger partial charge in [-0.05, 0) is 42.9 Å². The van der Waals surface area contributed by atoms with Gasteiger partial charge in [-0.3, -0.25) is 10.1 Å². The van der Waals surface area contributed by atoms with Crippen molar-refractivity contribution in [2.75, 3.05) is 13.7 Å². The zero-order chi connectivity index (χ0) is 13.4. The molecule has 4 nitrogen and oxygen atoms in total. The summed E-state index contributed by atoms with van der Waals surface area (Å²) < 4.78 is 5.05. The van der Waals surface area contributed by atoms with E-state index in [4.69, 9.17) is 17.0 Å². The van der Waals surface area contributed by atoms with Crippen molar-refractivity contribution in [3.8, 4) is 5.75 Å². The van der Waals surface area contributed by atoms with Crippen LogP contribution in [-0.4, -0.2) is 24.7 Å². The molecule has 0 saturated carbocycles. The van der Waals surface area contributed by atoms with E-state index in [1.54, 1.807) is 13.2 Å². The van der Waals surface area contributed by atoms with E-state index in [1.165, 1.54) is 6.08 Å². The fraction of sp³-hybridized carbons (Fsp3) is 0.231. The number of carbonyl (C=O) groups excluding carboxylic acids is 1. The van der Waals surface area contributed by atoms with Gasteiger partial charge in [0, 0.05) is 12.6 Å². The summed E-state index contributed by atoms with van der Waals surface area (Å²) >= 11 is 4.90. The van der Waals surface area contributed by atoms with Crippen LogP contribution in [0.25, 0.3) is 6.08 Å². The Kier molecular flexibility index (Phi) is 5.87. The van der Waals surface area contributed by atoms with Crippen LogP contribution in [0.15, 0.2) is 30.3 Å². The van der Waals surface area contributed by atoms with Crippen molar-refractivity contribution < 1.29 is 9.53 Å². The Labute approximate surface area is 112 Å². The summed E-state index contributed by atoms with van der Waals surface area (Å²) in [6.07, 6.45) is 3.15. The first-order chi connectivity index (χ1) is 8.65. The molecule has 0 saturated heterocycles. The van der Waals surface area contributed by atoms with E-state index in [0.717, 1.165) is 11.3 Å². The minimum atomic E-state index is -0.253. The number of methoxy groups -OCH3 is 1. The second-order valence-electron chi connectivity index (χ2n) is 3.46. The van der Waals surface area contributed by atoms with E-state index >= 15 is 0 Å². The van der Waals surface area contributed by atoms with Crippen LogP contribution in [0.4, 0.5) is 0 Å². The molecule has 0 aromatic heterocycles. The minimum Gasteiger partial charge on any atom is -0.497 e. The van der Waals surface area contributed by atoms with Crippen LogP contribution in [-0.2, 0) is 4.79 Å². The third-order valence-corrected chi connectivity index (χ3v) is 2.36. The second-order valence-corrected chi connectivity index (χ2v) is 3.86. The fourth-order valence-corrected chi connectivity index (χ4v) is 1.49. The summed E-state index contributed by atoms with van der Waals surface area (Å²) in [6, 6.07) is 7.40. The zero-order valence-electron chi connectivity index (χ0n) is 10.4. The van der Waals surface area contributed by atoms with Gasteiger partial charge in [-0.25, -0.2) is 0 Å². The lowest BCUT2D eigenvalue weighted by atomic mass is 10.2. The Morgan fingerprint density at radius 3 is 2.61 bits per heavy atom. The van der Waals surface area contributed by atoms with Crippen LogP contribution in [0.2, 0.25) is 0 Å². The van der Waals surface area contributed by atoms with E-state index < -0.39 is 0 Å². The Hall–Kier alpha value is -1.88. The van der Waals surface area contributed by atoms with Gasteiger partial charge in [-0.1, -0.05) is 12.1 Å². The molecule has 0 unspecified atom stereocenters. The highest BCUT2D eigenvalue weighted by Gasteiger charge is 1.98. The summed E-state index contributed by atoms with van der Waals surface area (Å²) in [5, 5.41) is 5.72. The standard InChI is InChI=1S/C13H16N2O2S/c1-3-14-13(18)15-12(16)9-6-10-4-7-11(17-2)8-5-10/h4-9H,3H2,1-2H3,(H2,14,15,16,18). The van der Waals surface area contributed by atoms with Crippen LogP contribution < -0.4 is 15.4 Å². The smallest absolute Gasteiger partial charge is 0.250 e. The Morgan fingerprint density at radius 2 is 2.06 bits per heavy atom. The first-order valence-corrected chi connectivity index (χ1v) is 5.97. The molecular weight excluding hydrogens is 248 g/mol. The van der Waals surface area contributed by atoms with Gasteiger partial charge >= 0.3 is 0 Å². The van der Waals surface area contributed by atoms with Crippen LogP contribution in [0.1, 0.15) is 12.5 Å². The first-order valence-electron chi connectivity index (χ1n) is 5.56. The summed E-state index contributed by atoms with van der Waals surface area (Å²) in [5.74, 6) is 0.529. The maximum absolute atomic E-state index is 11.5. The molecule has 0 radical (unpaired) electrons. The van der Waals surface area contributed by atoms with Gasteiger partial charge in [0.25, 0.3) is 0 Å². The SMILES string of the molecule is CCNC(=S)NC(=O)C=Cc1ccc(OC)cc1. The number of benzene rings is 1. The quantitative estimate of drug-likeness (QED) is 0.642. The van der Waals surface area contributed by atoms with Crippen molar-refractivity contribution >= 4 is 29.3 Å². The Bertz CT molecular complexity index is 441. The van der Waals surface area contributed by atoms with E-state index in [2.05, 4.69) is 10.6 Å². The fourth-order valence-electron chi connectivity index (χ4n) is 1.25. The lowest BCUT2D eigenvalue weighted by molar-refractivity contribution is -0.115. The summed E-state index contributed by atoms with van der Waals surface area (Å²) in [6.45, 7) is 2.59. The highest BCUT2D eigenvalue weighted by molar-refractivity contribution is 7.80. The number of carbonyl (C=O) groups is 1. The van der Waals surface area contributed by atoms with Crippen molar-refractivity contribution in [1.82, 2.24) is 10.6 Å². The van der Waals surface area contributed by atoms with Crippen molar-refractivity contribution in [2.45, 2.75) is 6.92 Å². The molecule has 0 spiro atoms. The normalized spacial score (nSPS) is 10.1. The molecule has 5 heteroatoms. The topological polar surface area (TPSA) is 50.4 Å². The largest absolute Gasteiger partial charge is 0.497 e. The van der Waals surface area contributed by atoms with E-state index in [9.17, 15) is 4.79 Å². The van der Waals surface area contributed by atoms with E-state index in [1.807, 2.05) is 31.2 Å². The molecule has 0 aliphatic rings. The first kappa shape index (κ1) is 14.2. The number of rotatable bonds is 4. The molecule has 0 bridgehead atoms. The average molecular weight is 264 g/mol. The van der Waals surface area contributed by atoms with Gasteiger partial charge in [-0.15, -0.1) is 0 Å². The molecule has 0 aliphatic carbocycles. The number of hydrogen-bond donors (Lipinski definition) is 2. The molecule has 18 heavy (non-hydrogen) atoms. The molecule has 1 amide bonds. The molecule has 1 rings (SSSR count). The molecular formula is C13H16N2O2S. The second kappa shape index (κ2) is 7.45. The number of nitrogens with one attached hydrogen (secondary N) is 2. The number of thiocarbonyl (C=S) groups is 1. The molecule has 0 fully saturated rings. The highest BCUT2D eigenvalue weighted by atomic mass is 32.1. The summed E-state index contributed by atoms with van der Waals surface area (Å²) in [5.41, 5.74) is 0.917. The predicted octanol–water partition coefficient (Wildman–Crippen LogP) is 1.72. The lowest BCUT2D eigenvalue weighted by Gasteiger charge is -2.04. The van der Waals surface area contributed by atoms with E-state index in [-0.39, 0.29) is 5.91 Å². The molecule has 0 heterocycles. The number of amides is 1. The maximum atomic E-state index is 11.5. The lowest BCUT2D eigenvalue weighted by Crippen LogP contribution is -2.38. The predicted molar refractivity (Wildman–Crippen MR) is 76.4 cm³/mol. The van der Waals surface area contributed by atoms with Gasteiger partial charge in [-0.2, -0.15) is 0 Å². The van der Waals surface area contributed by atoms with Crippen LogP contribution >= 0.6 is 12.2 Å². The van der Waals surface area contributed by atoms with Crippen LogP contribution in [0, 0.1) is 0 Å². The molecule has 1 aromatic carbocycles. The van der Waals surface area contributed by atoms with Crippen LogP contribution in [0.3, 0.4) is 0 Å². The molecule has 1 aromatic rings. The third kappa shape index (κ3) is 4.97. The molecule has 2 N–H and O–H groups in total. The van der Waals surface area contributed by atoms with Gasteiger partial charge in [0.05, 0.1) is 7.11 Å². The molecule has 0 atom stereocenters. The maximum Gasteiger partial charge on any atom is 0.250 e. The number of hydrogen-bond acceptors (Lipinski definition) is 3. The Balaban J connectivity index is 2.52. The number of ether oxygens (including phenoxy) is 1. The van der Waals surface area contributed by atoms with Crippen LogP contribution in [0.5, 0.6) is 5.75 Å². The third-order valence-electron chi connectivity index (χ3n) is 2.12. The van der Waals surface area contributed by atoms with Gasteiger partial charge in [0.1, 0.15) is 5.75 Å². The minimum absolute atomic E-state index is 0.253. The summed E-state index contributed by atoms with van der Waals surface area (Å²) in [4.78, 5) is 11.5. The van der Waals surface area contributed by atoms with Crippen molar-refractivity contribution in [1.29, 1.82) is 0 Å². The average Bonchev–Trinajstić information content (AvgIpc) is 2.37. The molecule has 96 valence electrons. The van der Waals surface area contributed by atoms with Gasteiger partial charge in [0.2, 0.25) is 5.91 Å². The van der Waals surface area contributed by atoms with Gasteiger partial charge in [0.15, 0.2) is 5.11 Å². The van der Waals surface area contributed by atoms with Crippen molar-refractivity contribution in [3.63, 3.8) is 0 Å². The zero-order valence-corrected chi connectivity index (χ0v) is 11.2. The monoisotopic (exact) mass is 264 g/mol. The summed E-state index contributed by atoms with van der Waals surface area (Å²) in [7, 11) is 1.61. The van der Waals surface area contributed by atoms with Gasteiger partial charge < -0.3 is 10.1 Å². The van der Waals surface area contributed by atoms with Crippen molar-refractivity contribution in [2.24, 2.45) is 0 Å². The molecule has 0 aliphatic heterocycles. The highest BCUT2D eigenvalue weighted by Crippen LogP contribution is 2.11. The Morgan fingerprint density at radius 1 is 1.39 bits per heavy atom. The van der Waals surface area contributed by atoms with Crippen molar-refractivity contribution in [3.05, 3.63) is 35.9 Å².